The first kappa shape index (κ1) is 13.2. The van der Waals surface area contributed by atoms with Crippen LogP contribution in [0, 0.1) is 0 Å². The van der Waals surface area contributed by atoms with Crippen LogP contribution in [0.2, 0.25) is 5.02 Å². The molecule has 0 fully saturated rings. The molecule has 0 bridgehead atoms. The summed E-state index contributed by atoms with van der Waals surface area (Å²) in [6.07, 6.45) is 4.02. The van der Waals surface area contributed by atoms with Crippen molar-refractivity contribution in [3.05, 3.63) is 47.0 Å². The monoisotopic (exact) mass is 240 g/mol. The molecule has 0 aromatic heterocycles. The summed E-state index contributed by atoms with van der Waals surface area (Å²) in [7, 11) is 0. The van der Waals surface area contributed by atoms with Gasteiger partial charge in [-0.15, -0.1) is 0 Å². The Morgan fingerprint density at radius 3 is 2.56 bits per heavy atom. The highest BCUT2D eigenvalue weighted by atomic mass is 35.5. The van der Waals surface area contributed by atoms with Gasteiger partial charge in [0.1, 0.15) is 0 Å². The van der Waals surface area contributed by atoms with Gasteiger partial charge in [-0.3, -0.25) is 0 Å². The normalized spacial score (nSPS) is 15.2. The van der Waals surface area contributed by atoms with Crippen molar-refractivity contribution < 1.29 is 10.2 Å². The van der Waals surface area contributed by atoms with Crippen LogP contribution in [0.4, 0.5) is 0 Å². The fraction of sp³-hybridized carbons (Fsp3) is 0.385. The van der Waals surface area contributed by atoms with Crippen molar-refractivity contribution in [2.24, 2.45) is 0 Å². The highest BCUT2D eigenvalue weighted by molar-refractivity contribution is 6.30. The largest absolute Gasteiger partial charge is 0.393 e. The summed E-state index contributed by atoms with van der Waals surface area (Å²) in [5.74, 6) is 0. The Bertz CT molecular complexity index is 348. The van der Waals surface area contributed by atoms with Gasteiger partial charge in [0, 0.05) is 5.02 Å². The molecule has 0 unspecified atom stereocenters. The third-order valence-electron chi connectivity index (χ3n) is 2.24. The van der Waals surface area contributed by atoms with Gasteiger partial charge in [-0.25, -0.2) is 0 Å². The van der Waals surface area contributed by atoms with E-state index in [2.05, 4.69) is 0 Å². The van der Waals surface area contributed by atoms with Crippen LogP contribution in [0.5, 0.6) is 0 Å². The van der Waals surface area contributed by atoms with Crippen molar-refractivity contribution in [3.63, 3.8) is 0 Å². The van der Waals surface area contributed by atoms with E-state index in [1.807, 2.05) is 24.3 Å². The summed E-state index contributed by atoms with van der Waals surface area (Å²) in [6.45, 7) is 1.73. The maximum atomic E-state index is 9.84. The zero-order valence-corrected chi connectivity index (χ0v) is 10.1. The summed E-state index contributed by atoms with van der Waals surface area (Å²) in [6, 6.07) is 7.20. The first-order valence-electron chi connectivity index (χ1n) is 5.36. The molecule has 0 aliphatic rings. The molecule has 3 heteroatoms. The molecule has 16 heavy (non-hydrogen) atoms. The lowest BCUT2D eigenvalue weighted by Crippen LogP contribution is -1.97. The van der Waals surface area contributed by atoms with Crippen molar-refractivity contribution in [2.75, 3.05) is 0 Å². The number of aliphatic hydroxyl groups excluding tert-OH is 2. The van der Waals surface area contributed by atoms with E-state index in [-0.39, 0.29) is 6.10 Å². The van der Waals surface area contributed by atoms with Gasteiger partial charge in [0.15, 0.2) is 0 Å². The molecule has 2 atom stereocenters. The zero-order chi connectivity index (χ0) is 12.0. The van der Waals surface area contributed by atoms with Crippen molar-refractivity contribution in [1.29, 1.82) is 0 Å². The number of rotatable bonds is 5. The minimum atomic E-state index is -0.538. The van der Waals surface area contributed by atoms with Gasteiger partial charge in [-0.2, -0.15) is 0 Å². The Labute approximate surface area is 101 Å². The van der Waals surface area contributed by atoms with Gasteiger partial charge >= 0.3 is 0 Å². The molecule has 2 N–H and O–H groups in total. The van der Waals surface area contributed by atoms with E-state index in [1.54, 1.807) is 19.1 Å². The second-order valence-electron chi connectivity index (χ2n) is 3.86. The number of aliphatic hydroxyl groups is 2. The molecule has 1 aromatic rings. The number of hydrogen-bond donors (Lipinski definition) is 2. The molecule has 1 rings (SSSR count). The third kappa shape index (κ3) is 4.79. The fourth-order valence-corrected chi connectivity index (χ4v) is 1.57. The molecular weight excluding hydrogens is 224 g/mol. The average Bonchev–Trinajstić information content (AvgIpc) is 2.24. The molecule has 0 amide bonds. The number of benzene rings is 1. The molecule has 0 heterocycles. The van der Waals surface area contributed by atoms with E-state index in [1.165, 1.54) is 0 Å². The Kier molecular flexibility index (Phi) is 5.53. The Balaban J connectivity index is 2.46. The lowest BCUT2D eigenvalue weighted by Gasteiger charge is -2.08. The van der Waals surface area contributed by atoms with Crippen molar-refractivity contribution in [3.8, 4) is 0 Å². The van der Waals surface area contributed by atoms with Gasteiger partial charge < -0.3 is 10.2 Å². The van der Waals surface area contributed by atoms with Crippen LogP contribution in [-0.2, 0) is 0 Å². The summed E-state index contributed by atoms with van der Waals surface area (Å²) < 4.78 is 0. The zero-order valence-electron chi connectivity index (χ0n) is 9.31. The molecule has 0 aliphatic heterocycles. The SMILES string of the molecule is C[C@@H](O)C/C=C\C[C@@H](O)c1cccc(Cl)c1. The van der Waals surface area contributed by atoms with Crippen LogP contribution in [-0.4, -0.2) is 16.3 Å². The summed E-state index contributed by atoms with van der Waals surface area (Å²) in [5.41, 5.74) is 0.814. The van der Waals surface area contributed by atoms with E-state index in [0.29, 0.717) is 17.9 Å². The van der Waals surface area contributed by atoms with Crippen LogP contribution in [0.25, 0.3) is 0 Å². The Morgan fingerprint density at radius 1 is 1.25 bits per heavy atom. The number of hydrogen-bond acceptors (Lipinski definition) is 2. The van der Waals surface area contributed by atoms with Crippen LogP contribution >= 0.6 is 11.6 Å². The molecule has 1 aromatic carbocycles. The Morgan fingerprint density at radius 2 is 1.94 bits per heavy atom. The van der Waals surface area contributed by atoms with Crippen molar-refractivity contribution in [1.82, 2.24) is 0 Å². The summed E-state index contributed by atoms with van der Waals surface area (Å²) in [4.78, 5) is 0. The lowest BCUT2D eigenvalue weighted by molar-refractivity contribution is 0.180. The molecule has 88 valence electrons. The van der Waals surface area contributed by atoms with Gasteiger partial charge in [0.05, 0.1) is 12.2 Å². The quantitative estimate of drug-likeness (QED) is 0.777. The molecule has 0 spiro atoms. The van der Waals surface area contributed by atoms with Crippen molar-refractivity contribution in [2.45, 2.75) is 32.0 Å². The first-order chi connectivity index (χ1) is 7.59. The predicted molar refractivity (Wildman–Crippen MR) is 66.5 cm³/mol. The van der Waals surface area contributed by atoms with Crippen LogP contribution in [0.15, 0.2) is 36.4 Å². The molecule has 2 nitrogen and oxygen atoms in total. The predicted octanol–water partition coefficient (Wildman–Crippen LogP) is 3.09. The first-order valence-corrected chi connectivity index (χ1v) is 5.74. The second-order valence-corrected chi connectivity index (χ2v) is 4.30. The summed E-state index contributed by atoms with van der Waals surface area (Å²) in [5, 5.41) is 19.5. The van der Waals surface area contributed by atoms with Gasteiger partial charge in [0.2, 0.25) is 0 Å². The maximum Gasteiger partial charge on any atom is 0.0824 e. The van der Waals surface area contributed by atoms with Crippen molar-refractivity contribution >= 4 is 11.6 Å². The van der Waals surface area contributed by atoms with Crippen LogP contribution in [0.3, 0.4) is 0 Å². The lowest BCUT2D eigenvalue weighted by atomic mass is 10.1. The van der Waals surface area contributed by atoms with Crippen LogP contribution in [0.1, 0.15) is 31.4 Å². The molecular formula is C13H17ClO2. The minimum absolute atomic E-state index is 0.334. The van der Waals surface area contributed by atoms with E-state index >= 15 is 0 Å². The topological polar surface area (TPSA) is 40.5 Å². The van der Waals surface area contributed by atoms with Crippen LogP contribution < -0.4 is 0 Å². The van der Waals surface area contributed by atoms with E-state index in [0.717, 1.165) is 5.56 Å². The van der Waals surface area contributed by atoms with E-state index < -0.39 is 6.10 Å². The van der Waals surface area contributed by atoms with E-state index in [4.69, 9.17) is 16.7 Å². The smallest absolute Gasteiger partial charge is 0.0824 e. The fourth-order valence-electron chi connectivity index (χ4n) is 1.37. The third-order valence-corrected chi connectivity index (χ3v) is 2.47. The molecule has 0 aliphatic carbocycles. The minimum Gasteiger partial charge on any atom is -0.393 e. The van der Waals surface area contributed by atoms with Gasteiger partial charge in [0.25, 0.3) is 0 Å². The number of halogens is 1. The molecule has 0 radical (unpaired) electrons. The highest BCUT2D eigenvalue weighted by Crippen LogP contribution is 2.20. The maximum absolute atomic E-state index is 9.84. The Hall–Kier alpha value is -0.830. The molecule has 0 saturated carbocycles. The van der Waals surface area contributed by atoms with Gasteiger partial charge in [-0.05, 0) is 37.5 Å². The standard InChI is InChI=1S/C13H17ClO2/c1-10(15)5-2-3-8-13(16)11-6-4-7-12(14)9-11/h2-4,6-7,9-10,13,15-16H,5,8H2,1H3/b3-2-/t10-,13-/m1/s1. The van der Waals surface area contributed by atoms with E-state index in [9.17, 15) is 5.11 Å². The second kappa shape index (κ2) is 6.69. The highest BCUT2D eigenvalue weighted by Gasteiger charge is 2.05. The summed E-state index contributed by atoms with van der Waals surface area (Å²) >= 11 is 5.83. The van der Waals surface area contributed by atoms with Gasteiger partial charge in [-0.1, -0.05) is 35.9 Å². The average molecular weight is 241 g/mol. The molecule has 0 saturated heterocycles.